The number of benzene rings is 2. The molecule has 0 aliphatic carbocycles. The van der Waals surface area contributed by atoms with Crippen LogP contribution < -0.4 is 19.1 Å². The summed E-state index contributed by atoms with van der Waals surface area (Å²) in [5.41, 5.74) is 1.83. The van der Waals surface area contributed by atoms with E-state index in [1.54, 1.807) is 38.5 Å². The third-order valence-corrected chi connectivity index (χ3v) is 5.26. The summed E-state index contributed by atoms with van der Waals surface area (Å²) in [5.74, 6) is 1.87. The van der Waals surface area contributed by atoms with Crippen LogP contribution in [0, 0.1) is 0 Å². The summed E-state index contributed by atoms with van der Waals surface area (Å²) in [6.07, 6.45) is 3.32. The number of amides is 1. The number of anilines is 1. The van der Waals surface area contributed by atoms with Gasteiger partial charge in [0.1, 0.15) is 5.75 Å². The maximum atomic E-state index is 12.7. The first kappa shape index (κ1) is 21.8. The van der Waals surface area contributed by atoms with Gasteiger partial charge in [0.2, 0.25) is 5.91 Å². The predicted molar refractivity (Wildman–Crippen MR) is 120 cm³/mol. The fraction of sp³-hybridized carbons (Fsp3) is 0.348. The minimum Gasteiger partial charge on any atom is -0.495 e. The number of nitrogens with zero attached hydrogens (tertiary/aromatic N) is 2. The molecule has 1 heterocycles. The summed E-state index contributed by atoms with van der Waals surface area (Å²) < 4.78 is 16.3. The number of methoxy groups -OCH3 is 2. The van der Waals surface area contributed by atoms with Crippen LogP contribution in [0.25, 0.3) is 6.08 Å². The van der Waals surface area contributed by atoms with Crippen molar-refractivity contribution < 1.29 is 19.0 Å². The molecule has 1 amide bonds. The number of halogens is 1. The Morgan fingerprint density at radius 1 is 1.07 bits per heavy atom. The lowest BCUT2D eigenvalue weighted by Crippen LogP contribution is -2.48. The largest absolute Gasteiger partial charge is 0.495 e. The van der Waals surface area contributed by atoms with E-state index in [4.69, 9.17) is 25.8 Å². The summed E-state index contributed by atoms with van der Waals surface area (Å²) in [6, 6.07) is 11.5. The average Bonchev–Trinajstić information content (AvgIpc) is 2.79. The number of para-hydroxylation sites is 2. The Labute approximate surface area is 182 Å². The van der Waals surface area contributed by atoms with Gasteiger partial charge in [0.25, 0.3) is 0 Å². The van der Waals surface area contributed by atoms with Crippen LogP contribution >= 0.6 is 11.6 Å². The van der Waals surface area contributed by atoms with Gasteiger partial charge in [-0.3, -0.25) is 4.79 Å². The molecular weight excluding hydrogens is 404 g/mol. The maximum absolute atomic E-state index is 12.7. The van der Waals surface area contributed by atoms with Gasteiger partial charge in [0.05, 0.1) is 31.5 Å². The van der Waals surface area contributed by atoms with Crippen molar-refractivity contribution in [2.24, 2.45) is 0 Å². The lowest BCUT2D eigenvalue weighted by atomic mass is 10.1. The quantitative estimate of drug-likeness (QED) is 0.618. The number of hydrogen-bond acceptors (Lipinski definition) is 5. The molecule has 1 saturated heterocycles. The Bertz CT molecular complexity index is 908. The average molecular weight is 431 g/mol. The molecule has 1 fully saturated rings. The van der Waals surface area contributed by atoms with Gasteiger partial charge in [0.15, 0.2) is 11.5 Å². The second kappa shape index (κ2) is 10.3. The zero-order valence-electron chi connectivity index (χ0n) is 17.6. The molecule has 1 aliphatic rings. The number of carbonyl (C=O) groups excluding carboxylic acids is 1. The molecule has 2 aromatic carbocycles. The molecule has 3 rings (SSSR count). The van der Waals surface area contributed by atoms with Gasteiger partial charge in [0, 0.05) is 32.3 Å². The lowest BCUT2D eigenvalue weighted by molar-refractivity contribution is -0.126. The van der Waals surface area contributed by atoms with Crippen molar-refractivity contribution >= 4 is 29.3 Å². The van der Waals surface area contributed by atoms with Crippen molar-refractivity contribution in [3.05, 3.63) is 53.1 Å². The van der Waals surface area contributed by atoms with E-state index >= 15 is 0 Å². The van der Waals surface area contributed by atoms with Crippen molar-refractivity contribution in [2.45, 2.75) is 6.92 Å². The second-order valence-electron chi connectivity index (χ2n) is 6.78. The highest BCUT2D eigenvalue weighted by Crippen LogP contribution is 2.36. The van der Waals surface area contributed by atoms with E-state index in [0.29, 0.717) is 36.2 Å². The minimum atomic E-state index is -0.0290. The van der Waals surface area contributed by atoms with Gasteiger partial charge in [-0.2, -0.15) is 0 Å². The lowest BCUT2D eigenvalue weighted by Gasteiger charge is -2.36. The topological polar surface area (TPSA) is 51.2 Å². The molecule has 30 heavy (non-hydrogen) atoms. The maximum Gasteiger partial charge on any atom is 0.246 e. The van der Waals surface area contributed by atoms with E-state index in [1.165, 1.54) is 0 Å². The van der Waals surface area contributed by atoms with Crippen LogP contribution in [0.15, 0.2) is 42.5 Å². The molecule has 6 nitrogen and oxygen atoms in total. The van der Waals surface area contributed by atoms with Gasteiger partial charge in [-0.25, -0.2) is 0 Å². The molecule has 0 atom stereocenters. The fourth-order valence-corrected chi connectivity index (χ4v) is 3.73. The van der Waals surface area contributed by atoms with Crippen LogP contribution in [-0.4, -0.2) is 57.8 Å². The zero-order valence-corrected chi connectivity index (χ0v) is 18.3. The highest BCUT2D eigenvalue weighted by atomic mass is 35.5. The molecule has 2 aromatic rings. The summed E-state index contributed by atoms with van der Waals surface area (Å²) in [4.78, 5) is 16.7. The molecule has 160 valence electrons. The Hall–Kier alpha value is -2.86. The van der Waals surface area contributed by atoms with Gasteiger partial charge in [-0.05, 0) is 42.8 Å². The van der Waals surface area contributed by atoms with Crippen LogP contribution in [0.5, 0.6) is 17.2 Å². The highest BCUT2D eigenvalue weighted by Gasteiger charge is 2.21. The van der Waals surface area contributed by atoms with Crippen molar-refractivity contribution in [3.8, 4) is 17.2 Å². The summed E-state index contributed by atoms with van der Waals surface area (Å²) in [7, 11) is 3.24. The molecule has 0 radical (unpaired) electrons. The zero-order chi connectivity index (χ0) is 21.5. The fourth-order valence-electron chi connectivity index (χ4n) is 3.45. The van der Waals surface area contributed by atoms with Crippen molar-refractivity contribution in [2.75, 3.05) is 51.9 Å². The first-order valence-corrected chi connectivity index (χ1v) is 10.3. The Kier molecular flexibility index (Phi) is 7.46. The molecule has 0 aromatic heterocycles. The summed E-state index contributed by atoms with van der Waals surface area (Å²) in [6.45, 7) is 5.18. The number of ether oxygens (including phenoxy) is 3. The predicted octanol–water partition coefficient (Wildman–Crippen LogP) is 4.12. The van der Waals surface area contributed by atoms with Crippen LogP contribution in [-0.2, 0) is 4.79 Å². The molecule has 1 aliphatic heterocycles. The van der Waals surface area contributed by atoms with Crippen molar-refractivity contribution in [3.63, 3.8) is 0 Å². The monoisotopic (exact) mass is 430 g/mol. The van der Waals surface area contributed by atoms with E-state index < -0.39 is 0 Å². The Morgan fingerprint density at radius 3 is 2.43 bits per heavy atom. The SMILES string of the molecule is CCOc1c(Cl)cc(/C=C/C(=O)N2CCN(c3ccccc3OC)CC2)cc1OC. The third kappa shape index (κ3) is 5.00. The molecule has 0 unspecified atom stereocenters. The van der Waals surface area contributed by atoms with E-state index in [-0.39, 0.29) is 5.91 Å². The number of piperazine rings is 1. The Balaban J connectivity index is 1.63. The smallest absolute Gasteiger partial charge is 0.246 e. The van der Waals surface area contributed by atoms with Crippen molar-refractivity contribution in [1.82, 2.24) is 4.90 Å². The van der Waals surface area contributed by atoms with E-state index in [0.717, 1.165) is 30.1 Å². The number of carbonyl (C=O) groups is 1. The van der Waals surface area contributed by atoms with Gasteiger partial charge >= 0.3 is 0 Å². The molecular formula is C23H27ClN2O4. The summed E-state index contributed by atoms with van der Waals surface area (Å²) >= 11 is 6.31. The van der Waals surface area contributed by atoms with Crippen LogP contribution in [0.1, 0.15) is 12.5 Å². The van der Waals surface area contributed by atoms with Crippen LogP contribution in [0.3, 0.4) is 0 Å². The molecule has 0 saturated carbocycles. The first-order chi connectivity index (χ1) is 14.6. The van der Waals surface area contributed by atoms with Gasteiger partial charge in [-0.1, -0.05) is 23.7 Å². The van der Waals surface area contributed by atoms with Gasteiger partial charge < -0.3 is 24.0 Å². The molecule has 0 N–H and O–H groups in total. The van der Waals surface area contributed by atoms with Gasteiger partial charge in [-0.15, -0.1) is 0 Å². The summed E-state index contributed by atoms with van der Waals surface area (Å²) in [5, 5.41) is 0.453. The first-order valence-electron chi connectivity index (χ1n) is 9.92. The molecule has 0 bridgehead atoms. The van der Waals surface area contributed by atoms with E-state index in [9.17, 15) is 4.79 Å². The van der Waals surface area contributed by atoms with E-state index in [1.807, 2.05) is 36.1 Å². The Morgan fingerprint density at radius 2 is 1.77 bits per heavy atom. The number of hydrogen-bond donors (Lipinski definition) is 0. The molecule has 0 spiro atoms. The van der Waals surface area contributed by atoms with Crippen LogP contribution in [0.4, 0.5) is 5.69 Å². The van der Waals surface area contributed by atoms with Crippen molar-refractivity contribution in [1.29, 1.82) is 0 Å². The standard InChI is InChI=1S/C23H27ClN2O4/c1-4-30-23-18(24)15-17(16-21(23)29-3)9-10-22(27)26-13-11-25(12-14-26)19-7-5-6-8-20(19)28-2/h5-10,15-16H,4,11-14H2,1-3H3/b10-9+. The van der Waals surface area contributed by atoms with Crippen LogP contribution in [0.2, 0.25) is 5.02 Å². The number of rotatable bonds is 7. The normalized spacial score (nSPS) is 14.1. The highest BCUT2D eigenvalue weighted by molar-refractivity contribution is 6.32. The second-order valence-corrected chi connectivity index (χ2v) is 7.19. The molecule has 7 heteroatoms. The van der Waals surface area contributed by atoms with E-state index in [2.05, 4.69) is 4.90 Å². The third-order valence-electron chi connectivity index (χ3n) is 4.98. The minimum absolute atomic E-state index is 0.0290.